The van der Waals surface area contributed by atoms with Crippen molar-refractivity contribution in [2.24, 2.45) is 23.2 Å². The summed E-state index contributed by atoms with van der Waals surface area (Å²) in [6.07, 6.45) is 6.95. The van der Waals surface area contributed by atoms with Gasteiger partial charge in [0.15, 0.2) is 0 Å². The molecule has 4 aliphatic carbocycles. The molecule has 134 valence electrons. The molecular formula is C19H22Cl2N2O2. The van der Waals surface area contributed by atoms with Crippen molar-refractivity contribution in [3.63, 3.8) is 0 Å². The highest BCUT2D eigenvalue weighted by atomic mass is 35.5. The number of hydrazine groups is 1. The summed E-state index contributed by atoms with van der Waals surface area (Å²) in [5.41, 5.74) is 5.77. The third kappa shape index (κ3) is 3.39. The number of hydrogen-bond donors (Lipinski definition) is 2. The summed E-state index contributed by atoms with van der Waals surface area (Å²) in [5, 5.41) is 0.880. The molecule has 4 bridgehead atoms. The molecule has 6 heteroatoms. The van der Waals surface area contributed by atoms with E-state index in [4.69, 9.17) is 23.2 Å². The van der Waals surface area contributed by atoms with Crippen LogP contribution >= 0.6 is 23.2 Å². The zero-order chi connectivity index (χ0) is 17.6. The second-order valence-electron chi connectivity index (χ2n) is 8.13. The van der Waals surface area contributed by atoms with Gasteiger partial charge in [-0.3, -0.25) is 20.4 Å². The molecule has 0 aromatic heterocycles. The van der Waals surface area contributed by atoms with E-state index in [0.717, 1.165) is 24.8 Å². The van der Waals surface area contributed by atoms with Gasteiger partial charge in [0.05, 0.1) is 21.9 Å². The molecule has 0 atom stereocenters. The smallest absolute Gasteiger partial charge is 0.244 e. The molecule has 4 nitrogen and oxygen atoms in total. The second kappa shape index (κ2) is 6.48. The third-order valence-electron chi connectivity index (χ3n) is 6.18. The number of nitrogens with one attached hydrogen (secondary N) is 2. The van der Waals surface area contributed by atoms with Gasteiger partial charge in [-0.1, -0.05) is 29.3 Å². The fourth-order valence-electron chi connectivity index (χ4n) is 5.53. The summed E-state index contributed by atoms with van der Waals surface area (Å²) < 4.78 is 0. The van der Waals surface area contributed by atoms with E-state index in [1.807, 2.05) is 0 Å². The van der Waals surface area contributed by atoms with Crippen molar-refractivity contribution in [3.8, 4) is 0 Å². The van der Waals surface area contributed by atoms with Crippen LogP contribution < -0.4 is 10.9 Å². The molecule has 0 saturated heterocycles. The largest absolute Gasteiger partial charge is 0.273 e. The summed E-state index contributed by atoms with van der Waals surface area (Å²) in [4.78, 5) is 24.9. The lowest BCUT2D eigenvalue weighted by Gasteiger charge is -2.55. The molecule has 4 fully saturated rings. The van der Waals surface area contributed by atoms with Crippen molar-refractivity contribution in [2.45, 2.75) is 44.9 Å². The minimum Gasteiger partial charge on any atom is -0.273 e. The predicted octanol–water partition coefficient (Wildman–Crippen LogP) is 3.90. The Kier molecular flexibility index (Phi) is 4.45. The molecule has 0 radical (unpaired) electrons. The highest BCUT2D eigenvalue weighted by Crippen LogP contribution is 2.60. The lowest BCUT2D eigenvalue weighted by Crippen LogP contribution is -2.56. The quantitative estimate of drug-likeness (QED) is 0.781. The number of halogens is 2. The Labute approximate surface area is 157 Å². The van der Waals surface area contributed by atoms with Gasteiger partial charge in [0.2, 0.25) is 11.8 Å². The molecule has 0 heterocycles. The van der Waals surface area contributed by atoms with Gasteiger partial charge in [0.25, 0.3) is 0 Å². The molecule has 0 aliphatic heterocycles. The van der Waals surface area contributed by atoms with E-state index >= 15 is 0 Å². The molecule has 25 heavy (non-hydrogen) atoms. The van der Waals surface area contributed by atoms with E-state index in [-0.39, 0.29) is 23.7 Å². The summed E-state index contributed by atoms with van der Waals surface area (Å²) in [6, 6.07) is 5.10. The lowest BCUT2D eigenvalue weighted by atomic mass is 9.49. The van der Waals surface area contributed by atoms with Crippen molar-refractivity contribution in [1.82, 2.24) is 10.9 Å². The molecule has 0 unspecified atom stereocenters. The maximum absolute atomic E-state index is 12.8. The summed E-state index contributed by atoms with van der Waals surface area (Å²) >= 11 is 11.8. The maximum Gasteiger partial charge on any atom is 0.244 e. The molecule has 1 aromatic carbocycles. The second-order valence-corrected chi connectivity index (χ2v) is 8.94. The number of amides is 2. The van der Waals surface area contributed by atoms with E-state index in [1.165, 1.54) is 19.3 Å². The summed E-state index contributed by atoms with van der Waals surface area (Å²) in [5.74, 6) is 1.84. The van der Waals surface area contributed by atoms with Gasteiger partial charge in [-0.25, -0.2) is 0 Å². The highest BCUT2D eigenvalue weighted by molar-refractivity contribution is 6.42. The number of hydrogen-bond acceptors (Lipinski definition) is 2. The van der Waals surface area contributed by atoms with E-state index in [1.54, 1.807) is 18.2 Å². The third-order valence-corrected chi connectivity index (χ3v) is 6.92. The molecule has 5 rings (SSSR count). The molecule has 4 saturated carbocycles. The first-order chi connectivity index (χ1) is 11.9. The van der Waals surface area contributed by atoms with E-state index < -0.39 is 0 Å². The van der Waals surface area contributed by atoms with E-state index in [0.29, 0.717) is 27.8 Å². The zero-order valence-electron chi connectivity index (χ0n) is 14.0. The van der Waals surface area contributed by atoms with Gasteiger partial charge >= 0.3 is 0 Å². The monoisotopic (exact) mass is 380 g/mol. The van der Waals surface area contributed by atoms with Crippen LogP contribution in [0.1, 0.15) is 44.1 Å². The van der Waals surface area contributed by atoms with E-state index in [2.05, 4.69) is 10.9 Å². The molecule has 1 aromatic rings. The van der Waals surface area contributed by atoms with Crippen LogP contribution in [-0.4, -0.2) is 11.8 Å². The van der Waals surface area contributed by atoms with Crippen molar-refractivity contribution in [1.29, 1.82) is 0 Å². The summed E-state index contributed by atoms with van der Waals surface area (Å²) in [6.45, 7) is 0. The van der Waals surface area contributed by atoms with E-state index in [9.17, 15) is 9.59 Å². The Morgan fingerprint density at radius 3 is 2.12 bits per heavy atom. The topological polar surface area (TPSA) is 58.2 Å². The SMILES string of the molecule is O=C(Cc1ccc(Cl)c(Cl)c1)NNC(=O)C12CC3CC(CC(C3)C1)C2. The van der Waals surface area contributed by atoms with Crippen LogP contribution in [0.3, 0.4) is 0 Å². The van der Waals surface area contributed by atoms with Gasteiger partial charge in [0, 0.05) is 0 Å². The lowest BCUT2D eigenvalue weighted by molar-refractivity contribution is -0.148. The standard InChI is InChI=1S/C19H22Cl2N2O2/c20-15-2-1-11(6-16(15)21)7-17(24)22-23-18(25)19-8-12-3-13(9-19)5-14(4-12)10-19/h1-2,6,12-14H,3-5,7-10H2,(H,22,24)(H,23,25). The number of rotatable bonds is 3. The number of benzene rings is 1. The first-order valence-corrected chi connectivity index (χ1v) is 9.72. The first-order valence-electron chi connectivity index (χ1n) is 8.97. The Morgan fingerprint density at radius 2 is 1.56 bits per heavy atom. The average Bonchev–Trinajstić information content (AvgIpc) is 2.55. The Bertz CT molecular complexity index is 684. The predicted molar refractivity (Wildman–Crippen MR) is 97.1 cm³/mol. The molecule has 2 N–H and O–H groups in total. The first kappa shape index (κ1) is 17.2. The van der Waals surface area contributed by atoms with Crippen LogP contribution in [0.4, 0.5) is 0 Å². The molecular weight excluding hydrogens is 359 g/mol. The Morgan fingerprint density at radius 1 is 0.960 bits per heavy atom. The normalized spacial score (nSPS) is 32.5. The van der Waals surface area contributed by atoms with Gasteiger partial charge in [-0.15, -0.1) is 0 Å². The van der Waals surface area contributed by atoms with Gasteiger partial charge in [-0.05, 0) is 74.0 Å². The average molecular weight is 381 g/mol. The molecule has 2 amide bonds. The Hall–Kier alpha value is -1.26. The van der Waals surface area contributed by atoms with Crippen molar-refractivity contribution in [2.75, 3.05) is 0 Å². The molecule has 4 aliphatic rings. The van der Waals surface area contributed by atoms with Gasteiger partial charge in [-0.2, -0.15) is 0 Å². The minimum atomic E-state index is -0.258. The molecule has 0 spiro atoms. The van der Waals surface area contributed by atoms with Crippen molar-refractivity contribution >= 4 is 35.0 Å². The summed E-state index contributed by atoms with van der Waals surface area (Å²) in [7, 11) is 0. The van der Waals surface area contributed by atoms with Crippen LogP contribution in [0.15, 0.2) is 18.2 Å². The van der Waals surface area contributed by atoms with Gasteiger partial charge < -0.3 is 0 Å². The Balaban J connectivity index is 1.34. The number of carbonyl (C=O) groups excluding carboxylic acids is 2. The van der Waals surface area contributed by atoms with Crippen LogP contribution in [0.25, 0.3) is 0 Å². The zero-order valence-corrected chi connectivity index (χ0v) is 15.5. The minimum absolute atomic E-state index is 0.00547. The number of carbonyl (C=O) groups is 2. The van der Waals surface area contributed by atoms with Crippen LogP contribution in [0.2, 0.25) is 10.0 Å². The van der Waals surface area contributed by atoms with Crippen molar-refractivity contribution < 1.29 is 9.59 Å². The fraction of sp³-hybridized carbons (Fsp3) is 0.579. The highest BCUT2D eigenvalue weighted by Gasteiger charge is 2.54. The van der Waals surface area contributed by atoms with Crippen LogP contribution in [0.5, 0.6) is 0 Å². The van der Waals surface area contributed by atoms with Crippen molar-refractivity contribution in [3.05, 3.63) is 33.8 Å². The van der Waals surface area contributed by atoms with Gasteiger partial charge in [0.1, 0.15) is 0 Å². The van der Waals surface area contributed by atoms with Crippen LogP contribution in [-0.2, 0) is 16.0 Å². The maximum atomic E-state index is 12.8. The fourth-order valence-corrected chi connectivity index (χ4v) is 5.85. The van der Waals surface area contributed by atoms with Crippen LogP contribution in [0, 0.1) is 23.2 Å².